The third-order valence-electron chi connectivity index (χ3n) is 3.02. The zero-order valence-corrected chi connectivity index (χ0v) is 10.1. The summed E-state index contributed by atoms with van der Waals surface area (Å²) in [6, 6.07) is 2.55. The zero-order chi connectivity index (χ0) is 11.9. The van der Waals surface area contributed by atoms with Crippen LogP contribution in [0, 0.1) is 0 Å². The lowest BCUT2D eigenvalue weighted by Crippen LogP contribution is -2.46. The third kappa shape index (κ3) is 3.98. The van der Waals surface area contributed by atoms with E-state index < -0.39 is 0 Å². The second-order valence-electron chi connectivity index (χ2n) is 4.46. The number of hydrogen-bond donors (Lipinski definition) is 2. The molecule has 4 nitrogen and oxygen atoms in total. The van der Waals surface area contributed by atoms with Crippen molar-refractivity contribution in [2.75, 3.05) is 19.8 Å². The molecule has 0 amide bonds. The Labute approximate surface area is 102 Å². The van der Waals surface area contributed by atoms with Crippen LogP contribution in [-0.2, 0) is 6.42 Å². The first kappa shape index (κ1) is 12.3. The lowest BCUT2D eigenvalue weighted by atomic mass is 10.1. The number of aliphatic hydroxyl groups excluding tert-OH is 1. The highest BCUT2D eigenvalue weighted by atomic mass is 16.5. The molecule has 0 aromatic carbocycles. The fourth-order valence-corrected chi connectivity index (χ4v) is 1.81. The van der Waals surface area contributed by atoms with Crippen LogP contribution in [0.4, 0.5) is 0 Å². The van der Waals surface area contributed by atoms with Crippen LogP contribution in [0.3, 0.4) is 0 Å². The van der Waals surface area contributed by atoms with Gasteiger partial charge in [-0.2, -0.15) is 0 Å². The lowest BCUT2D eigenvalue weighted by molar-refractivity contribution is 0.216. The Morgan fingerprint density at radius 2 is 2.29 bits per heavy atom. The Morgan fingerprint density at radius 1 is 1.41 bits per heavy atom. The van der Waals surface area contributed by atoms with E-state index in [0.29, 0.717) is 6.04 Å². The van der Waals surface area contributed by atoms with Crippen molar-refractivity contribution in [3.8, 4) is 5.75 Å². The average Bonchev–Trinajstić information content (AvgIpc) is 2.28. The van der Waals surface area contributed by atoms with Crippen LogP contribution in [0.1, 0.15) is 24.8 Å². The van der Waals surface area contributed by atoms with Gasteiger partial charge in [0, 0.05) is 18.8 Å². The predicted octanol–water partition coefficient (Wildman–Crippen LogP) is 1.14. The maximum atomic E-state index is 8.73. The summed E-state index contributed by atoms with van der Waals surface area (Å²) < 4.78 is 5.68. The van der Waals surface area contributed by atoms with E-state index in [-0.39, 0.29) is 6.61 Å². The highest BCUT2D eigenvalue weighted by Crippen LogP contribution is 2.14. The number of nitrogens with zero attached hydrogens (tertiary/aromatic N) is 1. The number of unbranched alkanes of at least 4 members (excludes halogenated alkanes) is 1. The van der Waals surface area contributed by atoms with Crippen LogP contribution in [0.15, 0.2) is 18.5 Å². The van der Waals surface area contributed by atoms with Crippen LogP contribution >= 0.6 is 0 Å². The molecule has 1 fully saturated rings. The molecule has 0 spiro atoms. The number of hydrogen-bond acceptors (Lipinski definition) is 4. The molecule has 1 unspecified atom stereocenters. The molecule has 1 aromatic heterocycles. The van der Waals surface area contributed by atoms with Gasteiger partial charge in [0.05, 0.1) is 6.20 Å². The standard InChI is InChI=1S/C13H20N2O2/c16-6-2-1-3-11-7-13(9-14-8-11)17-10-12-4-5-15-12/h7-9,12,15-16H,1-6,10H2. The first-order chi connectivity index (χ1) is 8.38. The van der Waals surface area contributed by atoms with Crippen molar-refractivity contribution in [3.63, 3.8) is 0 Å². The van der Waals surface area contributed by atoms with Crippen molar-refractivity contribution in [3.05, 3.63) is 24.0 Å². The maximum Gasteiger partial charge on any atom is 0.137 e. The van der Waals surface area contributed by atoms with E-state index >= 15 is 0 Å². The van der Waals surface area contributed by atoms with Crippen molar-refractivity contribution in [1.29, 1.82) is 0 Å². The molecule has 1 aliphatic rings. The smallest absolute Gasteiger partial charge is 0.137 e. The summed E-state index contributed by atoms with van der Waals surface area (Å²) in [4.78, 5) is 4.18. The van der Waals surface area contributed by atoms with Gasteiger partial charge in [-0.1, -0.05) is 0 Å². The quantitative estimate of drug-likeness (QED) is 0.697. The first-order valence-corrected chi connectivity index (χ1v) is 6.29. The minimum Gasteiger partial charge on any atom is -0.490 e. The normalized spacial score (nSPS) is 18.8. The molecule has 17 heavy (non-hydrogen) atoms. The summed E-state index contributed by atoms with van der Waals surface area (Å²) in [5, 5.41) is 12.0. The summed E-state index contributed by atoms with van der Waals surface area (Å²) in [5.74, 6) is 0.847. The fourth-order valence-electron chi connectivity index (χ4n) is 1.81. The molecule has 0 bridgehead atoms. The average molecular weight is 236 g/mol. The molecule has 2 N–H and O–H groups in total. The summed E-state index contributed by atoms with van der Waals surface area (Å²) >= 11 is 0. The van der Waals surface area contributed by atoms with Crippen molar-refractivity contribution < 1.29 is 9.84 Å². The Bertz CT molecular complexity index is 340. The van der Waals surface area contributed by atoms with Gasteiger partial charge < -0.3 is 15.2 Å². The van der Waals surface area contributed by atoms with Crippen molar-refractivity contribution >= 4 is 0 Å². The predicted molar refractivity (Wildman–Crippen MR) is 66.2 cm³/mol. The molecule has 1 aliphatic heterocycles. The molecule has 2 rings (SSSR count). The minimum atomic E-state index is 0.261. The van der Waals surface area contributed by atoms with Gasteiger partial charge in [0.1, 0.15) is 12.4 Å². The highest BCUT2D eigenvalue weighted by molar-refractivity contribution is 5.23. The van der Waals surface area contributed by atoms with Gasteiger partial charge in [0.2, 0.25) is 0 Å². The molecule has 0 radical (unpaired) electrons. The molecule has 4 heteroatoms. The van der Waals surface area contributed by atoms with Crippen LogP contribution < -0.4 is 10.1 Å². The number of pyridine rings is 1. The van der Waals surface area contributed by atoms with Gasteiger partial charge in [0.25, 0.3) is 0 Å². The zero-order valence-electron chi connectivity index (χ0n) is 10.1. The van der Waals surface area contributed by atoms with Crippen LogP contribution in [0.2, 0.25) is 0 Å². The van der Waals surface area contributed by atoms with E-state index in [4.69, 9.17) is 9.84 Å². The number of nitrogens with one attached hydrogen (secondary N) is 1. The SMILES string of the molecule is OCCCCc1cncc(OCC2CCN2)c1. The number of aryl methyl sites for hydroxylation is 1. The molecule has 1 aromatic rings. The maximum absolute atomic E-state index is 8.73. The van der Waals surface area contributed by atoms with E-state index in [1.807, 2.05) is 12.3 Å². The number of aromatic nitrogens is 1. The number of rotatable bonds is 7. The van der Waals surface area contributed by atoms with E-state index in [1.165, 1.54) is 12.0 Å². The second kappa shape index (κ2) is 6.57. The monoisotopic (exact) mass is 236 g/mol. The van der Waals surface area contributed by atoms with Crippen molar-refractivity contribution in [2.24, 2.45) is 0 Å². The van der Waals surface area contributed by atoms with Gasteiger partial charge in [-0.25, -0.2) is 0 Å². The number of aliphatic hydroxyl groups is 1. The van der Waals surface area contributed by atoms with E-state index in [2.05, 4.69) is 10.3 Å². The molecular weight excluding hydrogens is 216 g/mol. The summed E-state index contributed by atoms with van der Waals surface area (Å²) in [6.07, 6.45) is 7.61. The summed E-state index contributed by atoms with van der Waals surface area (Å²) in [5.41, 5.74) is 1.18. The Kier molecular flexibility index (Phi) is 4.76. The van der Waals surface area contributed by atoms with Gasteiger partial charge in [-0.15, -0.1) is 0 Å². The largest absolute Gasteiger partial charge is 0.490 e. The molecule has 1 saturated heterocycles. The van der Waals surface area contributed by atoms with E-state index in [1.54, 1.807) is 6.20 Å². The summed E-state index contributed by atoms with van der Waals surface area (Å²) in [6.45, 7) is 2.09. The minimum absolute atomic E-state index is 0.261. The van der Waals surface area contributed by atoms with Crippen LogP contribution in [0.5, 0.6) is 5.75 Å². The van der Waals surface area contributed by atoms with Gasteiger partial charge >= 0.3 is 0 Å². The van der Waals surface area contributed by atoms with Gasteiger partial charge in [0.15, 0.2) is 0 Å². The highest BCUT2D eigenvalue weighted by Gasteiger charge is 2.16. The topological polar surface area (TPSA) is 54.4 Å². The molecular formula is C13H20N2O2. The molecule has 94 valence electrons. The van der Waals surface area contributed by atoms with Crippen molar-refractivity contribution in [2.45, 2.75) is 31.7 Å². The van der Waals surface area contributed by atoms with Gasteiger partial charge in [-0.3, -0.25) is 4.98 Å². The van der Waals surface area contributed by atoms with Crippen LogP contribution in [-0.4, -0.2) is 35.9 Å². The third-order valence-corrected chi connectivity index (χ3v) is 3.02. The fraction of sp³-hybridized carbons (Fsp3) is 0.615. The first-order valence-electron chi connectivity index (χ1n) is 6.29. The number of ether oxygens (including phenoxy) is 1. The Morgan fingerprint density at radius 3 is 3.00 bits per heavy atom. The van der Waals surface area contributed by atoms with Gasteiger partial charge in [-0.05, 0) is 43.9 Å². The van der Waals surface area contributed by atoms with Crippen LogP contribution in [0.25, 0.3) is 0 Å². The Balaban J connectivity index is 1.78. The van der Waals surface area contributed by atoms with E-state index in [9.17, 15) is 0 Å². The molecule has 0 saturated carbocycles. The molecule has 1 atom stereocenters. The van der Waals surface area contributed by atoms with Crippen molar-refractivity contribution in [1.82, 2.24) is 10.3 Å². The lowest BCUT2D eigenvalue weighted by Gasteiger charge is -2.27. The second-order valence-corrected chi connectivity index (χ2v) is 4.46. The Hall–Kier alpha value is -1.13. The molecule has 2 heterocycles. The summed E-state index contributed by atoms with van der Waals surface area (Å²) in [7, 11) is 0. The molecule has 0 aliphatic carbocycles. The van der Waals surface area contributed by atoms with E-state index in [0.717, 1.165) is 38.2 Å².